The molecular formula is C25H32FN3. The van der Waals surface area contributed by atoms with Crippen molar-refractivity contribution in [1.29, 1.82) is 5.26 Å². The Kier molecular flexibility index (Phi) is 8.27. The van der Waals surface area contributed by atoms with Gasteiger partial charge in [-0.1, -0.05) is 75.4 Å². The Bertz CT molecular complexity index is 910. The Labute approximate surface area is 174 Å². The van der Waals surface area contributed by atoms with Crippen molar-refractivity contribution in [3.8, 4) is 6.07 Å². The van der Waals surface area contributed by atoms with Gasteiger partial charge in [0, 0.05) is 23.4 Å². The molecule has 2 unspecified atom stereocenters. The van der Waals surface area contributed by atoms with Crippen LogP contribution in [0.1, 0.15) is 44.7 Å². The van der Waals surface area contributed by atoms with Crippen LogP contribution in [0.4, 0.5) is 4.39 Å². The van der Waals surface area contributed by atoms with Crippen molar-refractivity contribution in [2.24, 2.45) is 0 Å². The molecule has 3 nitrogen and oxygen atoms in total. The van der Waals surface area contributed by atoms with Gasteiger partial charge >= 0.3 is 0 Å². The van der Waals surface area contributed by atoms with Gasteiger partial charge in [0.2, 0.25) is 0 Å². The lowest BCUT2D eigenvalue weighted by molar-refractivity contribution is 0.314. The highest BCUT2D eigenvalue weighted by molar-refractivity contribution is 5.93. The number of allylic oxidation sites excluding steroid dienone is 1. The average Bonchev–Trinajstić information content (AvgIpc) is 3.12. The first-order valence-corrected chi connectivity index (χ1v) is 10.5. The van der Waals surface area contributed by atoms with Gasteiger partial charge in [-0.2, -0.15) is 5.26 Å². The molecule has 0 spiro atoms. The van der Waals surface area contributed by atoms with Gasteiger partial charge < -0.3 is 10.2 Å². The lowest BCUT2D eigenvalue weighted by Gasteiger charge is -2.26. The zero-order chi connectivity index (χ0) is 21.4. The molecule has 1 aliphatic heterocycles. The van der Waals surface area contributed by atoms with Crippen LogP contribution < -0.4 is 5.32 Å². The number of rotatable bonds is 6. The van der Waals surface area contributed by atoms with Crippen molar-refractivity contribution >= 4 is 16.5 Å². The number of nitriles is 1. The summed E-state index contributed by atoms with van der Waals surface area (Å²) in [5.74, 6) is 0. The van der Waals surface area contributed by atoms with Crippen molar-refractivity contribution in [2.45, 2.75) is 52.8 Å². The molecule has 154 valence electrons. The maximum absolute atomic E-state index is 13.8. The minimum Gasteiger partial charge on any atom is -0.379 e. The van der Waals surface area contributed by atoms with Gasteiger partial charge in [0.25, 0.3) is 0 Å². The molecule has 0 amide bonds. The maximum Gasteiger partial charge on any atom is 0.121 e. The number of fused-ring (bicyclic) bond motifs is 1. The molecule has 0 radical (unpaired) electrons. The molecule has 0 saturated carbocycles. The van der Waals surface area contributed by atoms with Gasteiger partial charge in [0.05, 0.1) is 19.2 Å². The fourth-order valence-corrected chi connectivity index (χ4v) is 3.69. The number of aryl methyl sites for hydroxylation is 1. The predicted octanol–water partition coefficient (Wildman–Crippen LogP) is 5.96. The summed E-state index contributed by atoms with van der Waals surface area (Å²) in [4.78, 5) is 1.89. The topological polar surface area (TPSA) is 39.1 Å². The molecule has 1 saturated heterocycles. The number of benzene rings is 2. The molecule has 1 fully saturated rings. The molecule has 2 aromatic carbocycles. The van der Waals surface area contributed by atoms with E-state index in [4.69, 9.17) is 0 Å². The summed E-state index contributed by atoms with van der Waals surface area (Å²) in [6.07, 6.45) is 2.23. The summed E-state index contributed by atoms with van der Waals surface area (Å²) in [6, 6.07) is 14.4. The first-order valence-electron chi connectivity index (χ1n) is 10.5. The molecule has 29 heavy (non-hydrogen) atoms. The Morgan fingerprint density at radius 3 is 2.79 bits per heavy atom. The van der Waals surface area contributed by atoms with Crippen LogP contribution in [-0.4, -0.2) is 30.2 Å². The molecule has 2 aromatic rings. The summed E-state index contributed by atoms with van der Waals surface area (Å²) in [6.45, 7) is 13.2. The van der Waals surface area contributed by atoms with E-state index in [1.807, 2.05) is 31.7 Å². The first kappa shape index (κ1) is 22.5. The van der Waals surface area contributed by atoms with Gasteiger partial charge in [-0.3, -0.25) is 0 Å². The average molecular weight is 394 g/mol. The van der Waals surface area contributed by atoms with Crippen LogP contribution in [-0.2, 0) is 0 Å². The third-order valence-corrected chi connectivity index (χ3v) is 5.05. The van der Waals surface area contributed by atoms with Gasteiger partial charge in [-0.05, 0) is 24.1 Å². The maximum atomic E-state index is 13.8. The lowest BCUT2D eigenvalue weighted by Crippen LogP contribution is -2.33. The summed E-state index contributed by atoms with van der Waals surface area (Å²) >= 11 is 0. The highest BCUT2D eigenvalue weighted by Gasteiger charge is 2.33. The highest BCUT2D eigenvalue weighted by Crippen LogP contribution is 2.26. The SMILES string of the molecule is C=C(NC/C(=C\CC)N1CC(F)CC1C#N)c1cccc2ccc(C)cc12.CC. The number of nitrogens with zero attached hydrogens (tertiary/aromatic N) is 2. The van der Waals surface area contributed by atoms with Crippen LogP contribution in [0.25, 0.3) is 16.5 Å². The normalized spacial score (nSPS) is 18.8. The van der Waals surface area contributed by atoms with E-state index in [1.165, 1.54) is 10.9 Å². The monoisotopic (exact) mass is 393 g/mol. The van der Waals surface area contributed by atoms with E-state index in [0.717, 1.165) is 28.8 Å². The fraction of sp³-hybridized carbons (Fsp3) is 0.400. The molecule has 3 rings (SSSR count). The molecule has 0 aromatic heterocycles. The Balaban J connectivity index is 0.00000145. The van der Waals surface area contributed by atoms with Crippen LogP contribution in [0, 0.1) is 18.3 Å². The zero-order valence-electron chi connectivity index (χ0n) is 18.0. The highest BCUT2D eigenvalue weighted by atomic mass is 19.1. The lowest BCUT2D eigenvalue weighted by atomic mass is 10.0. The van der Waals surface area contributed by atoms with Crippen LogP contribution in [0.5, 0.6) is 0 Å². The Morgan fingerprint density at radius 1 is 1.34 bits per heavy atom. The summed E-state index contributed by atoms with van der Waals surface area (Å²) in [5.41, 5.74) is 4.06. The van der Waals surface area contributed by atoms with E-state index >= 15 is 0 Å². The van der Waals surface area contributed by atoms with E-state index in [2.05, 4.69) is 61.3 Å². The van der Waals surface area contributed by atoms with Crippen LogP contribution >= 0.6 is 0 Å². The van der Waals surface area contributed by atoms with Gasteiger partial charge in [-0.15, -0.1) is 0 Å². The molecular weight excluding hydrogens is 361 g/mol. The van der Waals surface area contributed by atoms with Crippen molar-refractivity contribution in [2.75, 3.05) is 13.1 Å². The molecule has 0 bridgehead atoms. The zero-order valence-corrected chi connectivity index (χ0v) is 18.0. The van der Waals surface area contributed by atoms with E-state index in [9.17, 15) is 9.65 Å². The number of hydrogen-bond donors (Lipinski definition) is 1. The molecule has 2 atom stereocenters. The first-order chi connectivity index (χ1) is 14.0. The Morgan fingerprint density at radius 2 is 2.10 bits per heavy atom. The number of hydrogen-bond acceptors (Lipinski definition) is 3. The largest absolute Gasteiger partial charge is 0.379 e. The predicted molar refractivity (Wildman–Crippen MR) is 121 cm³/mol. The summed E-state index contributed by atoms with van der Waals surface area (Å²) in [5, 5.41) is 15.1. The summed E-state index contributed by atoms with van der Waals surface area (Å²) < 4.78 is 13.8. The number of halogens is 1. The van der Waals surface area contributed by atoms with Crippen LogP contribution in [0.3, 0.4) is 0 Å². The smallest absolute Gasteiger partial charge is 0.121 e. The minimum atomic E-state index is -0.945. The second-order valence-corrected chi connectivity index (χ2v) is 7.10. The Hall–Kier alpha value is -2.80. The molecule has 1 N–H and O–H groups in total. The van der Waals surface area contributed by atoms with Crippen molar-refractivity contribution in [1.82, 2.24) is 10.2 Å². The van der Waals surface area contributed by atoms with Crippen molar-refractivity contribution < 1.29 is 4.39 Å². The molecule has 1 aliphatic rings. The van der Waals surface area contributed by atoms with Crippen LogP contribution in [0.2, 0.25) is 0 Å². The van der Waals surface area contributed by atoms with Crippen molar-refractivity contribution in [3.05, 3.63) is 65.9 Å². The number of nitrogens with one attached hydrogen (secondary N) is 1. The van der Waals surface area contributed by atoms with Gasteiger partial charge in [0.1, 0.15) is 12.2 Å². The number of alkyl halides is 1. The summed E-state index contributed by atoms with van der Waals surface area (Å²) in [7, 11) is 0. The standard InChI is InChI=1S/C23H26FN3.C2H6/c1-4-6-20(27-15-19(24)12-21(27)13-25)14-26-17(3)22-8-5-7-18-10-9-16(2)11-23(18)22;1-2/h5-11,19,21,26H,3-4,12,14-15H2,1-2H3;1-2H3/b20-6+;. The third kappa shape index (κ3) is 5.38. The minimum absolute atomic E-state index is 0.279. The molecule has 1 heterocycles. The van der Waals surface area contributed by atoms with E-state index < -0.39 is 12.2 Å². The second-order valence-electron chi connectivity index (χ2n) is 7.10. The van der Waals surface area contributed by atoms with E-state index in [0.29, 0.717) is 6.54 Å². The van der Waals surface area contributed by atoms with E-state index in [-0.39, 0.29) is 13.0 Å². The quantitative estimate of drug-likeness (QED) is 0.658. The number of likely N-dealkylation sites (tertiary alicyclic amines) is 1. The van der Waals surface area contributed by atoms with E-state index in [1.54, 1.807) is 0 Å². The second kappa shape index (κ2) is 10.7. The van der Waals surface area contributed by atoms with Crippen molar-refractivity contribution in [3.63, 3.8) is 0 Å². The van der Waals surface area contributed by atoms with Crippen LogP contribution in [0.15, 0.2) is 54.8 Å². The molecule has 0 aliphatic carbocycles. The third-order valence-electron chi connectivity index (χ3n) is 5.05. The van der Waals surface area contributed by atoms with Gasteiger partial charge in [0.15, 0.2) is 0 Å². The molecule has 4 heteroatoms. The fourth-order valence-electron chi connectivity index (χ4n) is 3.69. The van der Waals surface area contributed by atoms with Gasteiger partial charge in [-0.25, -0.2) is 4.39 Å².